The zero-order valence-electron chi connectivity index (χ0n) is 16.7. The van der Waals surface area contributed by atoms with Crippen LogP contribution in [0.5, 0.6) is 0 Å². The summed E-state index contributed by atoms with van der Waals surface area (Å²) in [5.74, 6) is 0.830. The number of hydrogen-bond donors (Lipinski definition) is 2. The molecule has 0 bridgehead atoms. The van der Waals surface area contributed by atoms with Crippen LogP contribution < -0.4 is 5.32 Å². The van der Waals surface area contributed by atoms with Gasteiger partial charge in [0.2, 0.25) is 11.8 Å². The summed E-state index contributed by atoms with van der Waals surface area (Å²) in [5.41, 5.74) is -0.575. The molecule has 2 heterocycles. The molecule has 0 atom stereocenters. The number of amides is 1. The van der Waals surface area contributed by atoms with E-state index in [0.29, 0.717) is 17.5 Å². The quantitative estimate of drug-likeness (QED) is 0.734. The summed E-state index contributed by atoms with van der Waals surface area (Å²) in [6.07, 6.45) is 3.26. The maximum Gasteiger partial charge on any atom is 0.246 e. The molecule has 148 valence electrons. The minimum absolute atomic E-state index is 0.0483. The summed E-state index contributed by atoms with van der Waals surface area (Å²) < 4.78 is 10.6. The van der Waals surface area contributed by atoms with Gasteiger partial charge in [0.15, 0.2) is 0 Å². The Morgan fingerprint density at radius 2 is 2.00 bits per heavy atom. The van der Waals surface area contributed by atoms with Crippen LogP contribution in [0.15, 0.2) is 10.6 Å². The lowest BCUT2D eigenvalue weighted by atomic mass is 9.91. The van der Waals surface area contributed by atoms with Crippen molar-refractivity contribution in [2.45, 2.75) is 57.9 Å². The number of anilines is 1. The van der Waals surface area contributed by atoms with Gasteiger partial charge < -0.3 is 14.4 Å². The Labute approximate surface area is 156 Å². The van der Waals surface area contributed by atoms with E-state index in [4.69, 9.17) is 9.26 Å². The summed E-state index contributed by atoms with van der Waals surface area (Å²) in [4.78, 5) is 14.8. The molecule has 2 rings (SSSR count). The Morgan fingerprint density at radius 1 is 1.35 bits per heavy atom. The lowest BCUT2D eigenvalue weighted by Crippen LogP contribution is -2.51. The molecule has 1 aliphatic rings. The molecule has 1 fully saturated rings. The highest BCUT2D eigenvalue weighted by Gasteiger charge is 2.34. The zero-order chi connectivity index (χ0) is 19.4. The second-order valence-corrected chi connectivity index (χ2v) is 8.40. The number of aliphatic hydroxyl groups is 1. The van der Waals surface area contributed by atoms with Crippen LogP contribution in [0.1, 0.15) is 52.7 Å². The highest BCUT2D eigenvalue weighted by Crippen LogP contribution is 2.25. The summed E-state index contributed by atoms with van der Waals surface area (Å²) in [7, 11) is 1.97. The van der Waals surface area contributed by atoms with Crippen molar-refractivity contribution >= 4 is 11.8 Å². The lowest BCUT2D eigenvalue weighted by molar-refractivity contribution is -0.125. The number of carbonyl (C=O) groups is 1. The third-order valence-electron chi connectivity index (χ3n) is 5.56. The van der Waals surface area contributed by atoms with Gasteiger partial charge in [0, 0.05) is 24.7 Å². The van der Waals surface area contributed by atoms with Gasteiger partial charge in [-0.1, -0.05) is 19.0 Å². The average molecular weight is 367 g/mol. The molecule has 1 aromatic heterocycles. The van der Waals surface area contributed by atoms with Crippen molar-refractivity contribution in [2.24, 2.45) is 5.92 Å². The van der Waals surface area contributed by atoms with E-state index in [2.05, 4.69) is 15.4 Å². The Kier molecular flexibility index (Phi) is 6.82. The van der Waals surface area contributed by atoms with Crippen molar-refractivity contribution in [2.75, 3.05) is 38.7 Å². The fourth-order valence-corrected chi connectivity index (χ4v) is 2.86. The monoisotopic (exact) mass is 367 g/mol. The number of nitrogens with zero attached hydrogens (tertiary/aromatic N) is 2. The normalized spacial score (nSPS) is 16.9. The van der Waals surface area contributed by atoms with Gasteiger partial charge in [-0.15, -0.1) is 0 Å². The standard InChI is InChI=1S/C19H33N3O4/c1-18(2,13-23)15-12-16(26-21-15)20-17(24)19(3,4)22(5)9-6-14-7-10-25-11-8-14/h12,14,23H,6-11,13H2,1-5H3,(H,20,24). The van der Waals surface area contributed by atoms with E-state index < -0.39 is 11.0 Å². The van der Waals surface area contributed by atoms with Gasteiger partial charge in [0.05, 0.1) is 17.8 Å². The van der Waals surface area contributed by atoms with E-state index in [1.807, 2.05) is 34.7 Å². The Morgan fingerprint density at radius 3 is 2.62 bits per heavy atom. The predicted octanol–water partition coefficient (Wildman–Crippen LogP) is 2.41. The number of likely N-dealkylation sites (N-methyl/N-ethyl adjacent to an activating group) is 1. The SMILES string of the molecule is CN(CCC1CCOCC1)C(C)(C)C(=O)Nc1cc(C(C)(C)CO)no1. The Balaban J connectivity index is 1.91. The molecule has 1 amide bonds. The molecule has 1 aliphatic heterocycles. The molecule has 0 aliphatic carbocycles. The highest BCUT2D eigenvalue weighted by atomic mass is 16.5. The van der Waals surface area contributed by atoms with Crippen molar-refractivity contribution in [1.29, 1.82) is 0 Å². The molecule has 0 unspecified atom stereocenters. The van der Waals surface area contributed by atoms with E-state index in [9.17, 15) is 9.90 Å². The van der Waals surface area contributed by atoms with Crippen LogP contribution in [0, 0.1) is 5.92 Å². The van der Waals surface area contributed by atoms with Gasteiger partial charge in [-0.25, -0.2) is 0 Å². The van der Waals surface area contributed by atoms with Crippen molar-refractivity contribution in [3.05, 3.63) is 11.8 Å². The maximum atomic E-state index is 12.7. The molecule has 0 aromatic carbocycles. The first-order valence-corrected chi connectivity index (χ1v) is 9.35. The van der Waals surface area contributed by atoms with Crippen molar-refractivity contribution in [3.63, 3.8) is 0 Å². The number of carbonyl (C=O) groups excluding carboxylic acids is 1. The summed E-state index contributed by atoms with van der Waals surface area (Å²) in [6, 6.07) is 1.67. The van der Waals surface area contributed by atoms with Crippen molar-refractivity contribution in [1.82, 2.24) is 10.1 Å². The number of ether oxygens (including phenoxy) is 1. The number of aliphatic hydroxyl groups excluding tert-OH is 1. The Bertz CT molecular complexity index is 591. The second kappa shape index (κ2) is 8.50. The third kappa shape index (κ3) is 5.05. The van der Waals surface area contributed by atoms with Gasteiger partial charge in [0.25, 0.3) is 0 Å². The van der Waals surface area contributed by atoms with Crippen molar-refractivity contribution < 1.29 is 19.2 Å². The molecule has 26 heavy (non-hydrogen) atoms. The smallest absolute Gasteiger partial charge is 0.246 e. The molecule has 0 saturated carbocycles. The van der Waals surface area contributed by atoms with Crippen LogP contribution in [0.4, 0.5) is 5.88 Å². The molecule has 7 heteroatoms. The van der Waals surface area contributed by atoms with Gasteiger partial charge >= 0.3 is 0 Å². The topological polar surface area (TPSA) is 87.8 Å². The van der Waals surface area contributed by atoms with Gasteiger partial charge in [-0.3, -0.25) is 15.0 Å². The first-order chi connectivity index (χ1) is 12.2. The lowest BCUT2D eigenvalue weighted by Gasteiger charge is -2.35. The van der Waals surface area contributed by atoms with Crippen LogP contribution >= 0.6 is 0 Å². The molecule has 1 saturated heterocycles. The molecular weight excluding hydrogens is 334 g/mol. The Hall–Kier alpha value is -1.44. The molecular formula is C19H33N3O4. The predicted molar refractivity (Wildman–Crippen MR) is 100 cm³/mol. The van der Waals surface area contributed by atoms with Crippen LogP contribution in [0.3, 0.4) is 0 Å². The zero-order valence-corrected chi connectivity index (χ0v) is 16.7. The van der Waals surface area contributed by atoms with Crippen LogP contribution in [0.2, 0.25) is 0 Å². The maximum absolute atomic E-state index is 12.7. The number of nitrogens with one attached hydrogen (secondary N) is 1. The second-order valence-electron chi connectivity index (χ2n) is 8.40. The molecule has 0 radical (unpaired) electrons. The third-order valence-corrected chi connectivity index (χ3v) is 5.56. The van der Waals surface area contributed by atoms with E-state index in [0.717, 1.165) is 39.0 Å². The number of hydrogen-bond acceptors (Lipinski definition) is 6. The number of rotatable bonds is 8. The van der Waals surface area contributed by atoms with E-state index in [1.54, 1.807) is 6.07 Å². The van der Waals surface area contributed by atoms with E-state index in [1.165, 1.54) is 0 Å². The number of aromatic nitrogens is 1. The fraction of sp³-hybridized carbons (Fsp3) is 0.789. The van der Waals surface area contributed by atoms with Crippen LogP contribution in [0.25, 0.3) is 0 Å². The molecule has 0 spiro atoms. The summed E-state index contributed by atoms with van der Waals surface area (Å²) >= 11 is 0. The van der Waals surface area contributed by atoms with E-state index >= 15 is 0 Å². The average Bonchev–Trinajstić information content (AvgIpc) is 3.09. The van der Waals surface area contributed by atoms with Gasteiger partial charge in [0.1, 0.15) is 0 Å². The van der Waals surface area contributed by atoms with Gasteiger partial charge in [-0.2, -0.15) is 0 Å². The minimum atomic E-state index is -0.676. The fourth-order valence-electron chi connectivity index (χ4n) is 2.86. The highest BCUT2D eigenvalue weighted by molar-refractivity contribution is 5.96. The van der Waals surface area contributed by atoms with Crippen LogP contribution in [-0.4, -0.2) is 60.0 Å². The molecule has 1 aromatic rings. The molecule has 7 nitrogen and oxygen atoms in total. The van der Waals surface area contributed by atoms with Crippen molar-refractivity contribution in [3.8, 4) is 0 Å². The largest absolute Gasteiger partial charge is 0.395 e. The summed E-state index contributed by atoms with van der Waals surface area (Å²) in [6.45, 7) is 10.0. The van der Waals surface area contributed by atoms with E-state index in [-0.39, 0.29) is 12.5 Å². The first-order valence-electron chi connectivity index (χ1n) is 9.35. The minimum Gasteiger partial charge on any atom is -0.395 e. The van der Waals surface area contributed by atoms with Gasteiger partial charge in [-0.05, 0) is 52.6 Å². The summed E-state index contributed by atoms with van der Waals surface area (Å²) in [5, 5.41) is 16.2. The van der Waals surface area contributed by atoms with Crippen LogP contribution in [-0.2, 0) is 14.9 Å². The molecule has 2 N–H and O–H groups in total. The first kappa shape index (κ1) is 20.9.